The van der Waals surface area contributed by atoms with Gasteiger partial charge in [0.15, 0.2) is 11.5 Å². The average Bonchev–Trinajstić information content (AvgIpc) is 2.48. The first-order chi connectivity index (χ1) is 9.66. The van der Waals surface area contributed by atoms with E-state index < -0.39 is 6.10 Å². The van der Waals surface area contributed by atoms with Crippen molar-refractivity contribution in [2.45, 2.75) is 13.0 Å². The van der Waals surface area contributed by atoms with Crippen molar-refractivity contribution in [1.82, 2.24) is 0 Å². The summed E-state index contributed by atoms with van der Waals surface area (Å²) in [6.45, 7) is 2.77. The van der Waals surface area contributed by atoms with E-state index in [1.165, 1.54) is 12.1 Å². The molecule has 1 unspecified atom stereocenters. The number of benzene rings is 2. The van der Waals surface area contributed by atoms with Crippen molar-refractivity contribution >= 4 is 0 Å². The number of aliphatic hydroxyl groups is 1. The standard InChI is InChI=1S/C16H15FO3/c1-10-5-6-11(17)9-13(10)15(18)12-3-2-4-14-16(12)20-8-7-19-14/h2-6,9,15,18H,7-8H2,1H3. The Labute approximate surface area is 116 Å². The largest absolute Gasteiger partial charge is 0.486 e. The number of para-hydroxylation sites is 1. The van der Waals surface area contributed by atoms with E-state index in [0.717, 1.165) is 5.56 Å². The van der Waals surface area contributed by atoms with Crippen LogP contribution in [0.25, 0.3) is 0 Å². The number of fused-ring (bicyclic) bond motifs is 1. The van der Waals surface area contributed by atoms with Crippen LogP contribution in [-0.2, 0) is 0 Å². The lowest BCUT2D eigenvalue weighted by Gasteiger charge is -2.23. The van der Waals surface area contributed by atoms with E-state index in [1.807, 2.05) is 6.92 Å². The summed E-state index contributed by atoms with van der Waals surface area (Å²) in [5.41, 5.74) is 1.96. The van der Waals surface area contributed by atoms with Crippen LogP contribution >= 0.6 is 0 Å². The smallest absolute Gasteiger partial charge is 0.167 e. The molecule has 0 fully saturated rings. The summed E-state index contributed by atoms with van der Waals surface area (Å²) in [4.78, 5) is 0. The number of aliphatic hydroxyl groups excluding tert-OH is 1. The van der Waals surface area contributed by atoms with Crippen LogP contribution in [-0.4, -0.2) is 18.3 Å². The lowest BCUT2D eigenvalue weighted by molar-refractivity contribution is 0.158. The number of aryl methyl sites for hydroxylation is 1. The van der Waals surface area contributed by atoms with E-state index in [2.05, 4.69) is 0 Å². The lowest BCUT2D eigenvalue weighted by Crippen LogP contribution is -2.17. The molecule has 0 saturated carbocycles. The van der Waals surface area contributed by atoms with Gasteiger partial charge in [-0.3, -0.25) is 0 Å². The second-order valence-corrected chi connectivity index (χ2v) is 4.77. The van der Waals surface area contributed by atoms with Gasteiger partial charge < -0.3 is 14.6 Å². The van der Waals surface area contributed by atoms with E-state index in [0.29, 0.717) is 35.8 Å². The van der Waals surface area contributed by atoms with Gasteiger partial charge in [0.1, 0.15) is 25.1 Å². The molecule has 1 aliphatic rings. The van der Waals surface area contributed by atoms with E-state index in [4.69, 9.17) is 9.47 Å². The molecule has 0 bridgehead atoms. The molecule has 0 aromatic heterocycles. The van der Waals surface area contributed by atoms with Gasteiger partial charge in [0.2, 0.25) is 0 Å². The van der Waals surface area contributed by atoms with Crippen LogP contribution in [0.4, 0.5) is 4.39 Å². The van der Waals surface area contributed by atoms with Gasteiger partial charge in [-0.25, -0.2) is 4.39 Å². The van der Waals surface area contributed by atoms with E-state index in [9.17, 15) is 9.50 Å². The van der Waals surface area contributed by atoms with Crippen molar-refractivity contribution in [3.05, 3.63) is 58.9 Å². The summed E-state index contributed by atoms with van der Waals surface area (Å²) >= 11 is 0. The highest BCUT2D eigenvalue weighted by atomic mass is 19.1. The quantitative estimate of drug-likeness (QED) is 0.915. The van der Waals surface area contributed by atoms with E-state index >= 15 is 0 Å². The third-order valence-corrected chi connectivity index (χ3v) is 3.43. The van der Waals surface area contributed by atoms with Crippen LogP contribution in [0.3, 0.4) is 0 Å². The van der Waals surface area contributed by atoms with Gasteiger partial charge >= 0.3 is 0 Å². The molecule has 2 aromatic carbocycles. The molecule has 3 nitrogen and oxygen atoms in total. The molecule has 0 saturated heterocycles. The number of rotatable bonds is 2. The van der Waals surface area contributed by atoms with Gasteiger partial charge in [-0.2, -0.15) is 0 Å². The minimum absolute atomic E-state index is 0.369. The molecule has 4 heteroatoms. The van der Waals surface area contributed by atoms with Crippen molar-refractivity contribution in [2.24, 2.45) is 0 Å². The third-order valence-electron chi connectivity index (χ3n) is 3.43. The Kier molecular flexibility index (Phi) is 3.32. The number of halogens is 1. The molecule has 104 valence electrons. The Morgan fingerprint density at radius 1 is 1.10 bits per heavy atom. The minimum Gasteiger partial charge on any atom is -0.486 e. The molecule has 1 atom stereocenters. The summed E-state index contributed by atoms with van der Waals surface area (Å²) in [5, 5.41) is 10.6. The van der Waals surface area contributed by atoms with Gasteiger partial charge in [0.25, 0.3) is 0 Å². The normalized spacial score (nSPS) is 14.9. The zero-order valence-corrected chi connectivity index (χ0v) is 11.1. The van der Waals surface area contributed by atoms with Gasteiger partial charge in [-0.05, 0) is 36.2 Å². The van der Waals surface area contributed by atoms with E-state index in [1.54, 1.807) is 24.3 Å². The number of ether oxygens (including phenoxy) is 2. The summed E-state index contributed by atoms with van der Waals surface area (Å²) in [6, 6.07) is 9.74. The zero-order valence-electron chi connectivity index (χ0n) is 11.1. The number of hydrogen-bond acceptors (Lipinski definition) is 3. The SMILES string of the molecule is Cc1ccc(F)cc1C(O)c1cccc2c1OCCO2. The Bertz CT molecular complexity index is 640. The summed E-state index contributed by atoms with van der Waals surface area (Å²) in [6.07, 6.45) is -0.942. The van der Waals surface area contributed by atoms with E-state index in [-0.39, 0.29) is 5.82 Å². The molecule has 2 aromatic rings. The van der Waals surface area contributed by atoms with Crippen molar-refractivity contribution in [3.63, 3.8) is 0 Å². The molecular formula is C16H15FO3. The Hall–Kier alpha value is -2.07. The van der Waals surface area contributed by atoms with Gasteiger partial charge in [-0.15, -0.1) is 0 Å². The molecular weight excluding hydrogens is 259 g/mol. The van der Waals surface area contributed by atoms with Crippen LogP contribution < -0.4 is 9.47 Å². The Morgan fingerprint density at radius 3 is 2.75 bits per heavy atom. The van der Waals surface area contributed by atoms with Crippen molar-refractivity contribution in [1.29, 1.82) is 0 Å². The number of hydrogen-bond donors (Lipinski definition) is 1. The fourth-order valence-corrected chi connectivity index (χ4v) is 2.39. The zero-order chi connectivity index (χ0) is 14.1. The van der Waals surface area contributed by atoms with Crippen molar-refractivity contribution in [2.75, 3.05) is 13.2 Å². The van der Waals surface area contributed by atoms with Crippen molar-refractivity contribution in [3.8, 4) is 11.5 Å². The molecule has 0 amide bonds. The van der Waals surface area contributed by atoms with Gasteiger partial charge in [0.05, 0.1) is 0 Å². The molecule has 20 heavy (non-hydrogen) atoms. The van der Waals surface area contributed by atoms with Crippen molar-refractivity contribution < 1.29 is 19.0 Å². The first-order valence-electron chi connectivity index (χ1n) is 6.49. The maximum Gasteiger partial charge on any atom is 0.167 e. The highest BCUT2D eigenvalue weighted by Crippen LogP contribution is 2.39. The van der Waals surface area contributed by atoms with Crippen LogP contribution in [0, 0.1) is 12.7 Å². The fourth-order valence-electron chi connectivity index (χ4n) is 2.39. The topological polar surface area (TPSA) is 38.7 Å². The second-order valence-electron chi connectivity index (χ2n) is 4.77. The monoisotopic (exact) mass is 274 g/mol. The summed E-state index contributed by atoms with van der Waals surface area (Å²) in [7, 11) is 0. The minimum atomic E-state index is -0.942. The summed E-state index contributed by atoms with van der Waals surface area (Å²) in [5.74, 6) is 0.781. The summed E-state index contributed by atoms with van der Waals surface area (Å²) < 4.78 is 24.5. The van der Waals surface area contributed by atoms with Crippen LogP contribution in [0.5, 0.6) is 11.5 Å². The molecule has 3 rings (SSSR count). The molecule has 1 heterocycles. The highest BCUT2D eigenvalue weighted by molar-refractivity contribution is 5.51. The Morgan fingerprint density at radius 2 is 1.90 bits per heavy atom. The highest BCUT2D eigenvalue weighted by Gasteiger charge is 2.23. The predicted octanol–water partition coefficient (Wildman–Crippen LogP) is 2.99. The first-order valence-corrected chi connectivity index (χ1v) is 6.49. The third kappa shape index (κ3) is 2.23. The Balaban J connectivity index is 2.06. The predicted molar refractivity (Wildman–Crippen MR) is 72.6 cm³/mol. The molecule has 0 spiro atoms. The maximum atomic E-state index is 13.4. The first kappa shape index (κ1) is 12.9. The fraction of sp³-hybridized carbons (Fsp3) is 0.250. The van der Waals surface area contributed by atoms with Crippen LogP contribution in [0.2, 0.25) is 0 Å². The van der Waals surface area contributed by atoms with Crippen LogP contribution in [0.15, 0.2) is 36.4 Å². The molecule has 0 radical (unpaired) electrons. The van der Waals surface area contributed by atoms with Gasteiger partial charge in [0, 0.05) is 5.56 Å². The lowest BCUT2D eigenvalue weighted by atomic mass is 9.96. The molecule has 1 N–H and O–H groups in total. The molecule has 1 aliphatic heterocycles. The maximum absolute atomic E-state index is 13.4. The average molecular weight is 274 g/mol. The second kappa shape index (κ2) is 5.13. The van der Waals surface area contributed by atoms with Crippen LogP contribution in [0.1, 0.15) is 22.8 Å². The molecule has 0 aliphatic carbocycles. The van der Waals surface area contributed by atoms with Gasteiger partial charge in [-0.1, -0.05) is 18.2 Å².